The molecular formula is C18H31NO7. The lowest BCUT2D eigenvalue weighted by atomic mass is 10.1. The van der Waals surface area contributed by atoms with Crippen LogP contribution in [-0.4, -0.2) is 66.9 Å². The molecule has 8 heteroatoms. The highest BCUT2D eigenvalue weighted by Gasteiger charge is 2.33. The molecule has 150 valence electrons. The van der Waals surface area contributed by atoms with E-state index >= 15 is 0 Å². The summed E-state index contributed by atoms with van der Waals surface area (Å²) in [6.45, 7) is 12.9. The fourth-order valence-corrected chi connectivity index (χ4v) is 2.23. The maximum Gasteiger partial charge on any atom is 0.408 e. The first-order chi connectivity index (χ1) is 12.0. The fraction of sp³-hybridized carbons (Fsp3) is 0.778. The molecule has 2 N–H and O–H groups in total. The van der Waals surface area contributed by atoms with Gasteiger partial charge in [-0.2, -0.15) is 0 Å². The number of cyclic esters (lactones) is 1. The smallest absolute Gasteiger partial charge is 0.408 e. The van der Waals surface area contributed by atoms with Crippen molar-refractivity contribution in [2.24, 2.45) is 0 Å². The summed E-state index contributed by atoms with van der Waals surface area (Å²) < 4.78 is 21.6. The summed E-state index contributed by atoms with van der Waals surface area (Å²) in [5.74, 6) is -0.661. The molecular weight excluding hydrogens is 342 g/mol. The molecule has 1 amide bonds. The Balaban J connectivity index is 2.72. The van der Waals surface area contributed by atoms with E-state index in [0.29, 0.717) is 0 Å². The van der Waals surface area contributed by atoms with Gasteiger partial charge in [-0.25, -0.2) is 9.59 Å². The molecule has 0 bridgehead atoms. The molecule has 8 nitrogen and oxygen atoms in total. The van der Waals surface area contributed by atoms with Gasteiger partial charge in [0, 0.05) is 13.0 Å². The molecule has 1 heterocycles. The summed E-state index contributed by atoms with van der Waals surface area (Å²) in [7, 11) is 0. The van der Waals surface area contributed by atoms with Gasteiger partial charge in [0.15, 0.2) is 0 Å². The second-order valence-corrected chi connectivity index (χ2v) is 7.50. The molecule has 1 aliphatic heterocycles. The number of aliphatic hydroxyl groups excluding tert-OH is 1. The van der Waals surface area contributed by atoms with E-state index in [1.54, 1.807) is 27.7 Å². The highest BCUT2D eigenvalue weighted by molar-refractivity contribution is 5.81. The molecule has 0 unspecified atom stereocenters. The Hall–Kier alpha value is -1.64. The Morgan fingerprint density at radius 2 is 2.08 bits per heavy atom. The third kappa shape index (κ3) is 8.16. The van der Waals surface area contributed by atoms with Gasteiger partial charge in [0.2, 0.25) is 0 Å². The maximum atomic E-state index is 12.3. The van der Waals surface area contributed by atoms with Crippen molar-refractivity contribution in [2.75, 3.05) is 19.8 Å². The molecule has 1 saturated heterocycles. The van der Waals surface area contributed by atoms with E-state index in [9.17, 15) is 14.7 Å². The molecule has 0 spiro atoms. The summed E-state index contributed by atoms with van der Waals surface area (Å²) in [5.41, 5.74) is 0.123. The zero-order valence-electron chi connectivity index (χ0n) is 16.2. The summed E-state index contributed by atoms with van der Waals surface area (Å²) in [6, 6.07) is -0.924. The number of hydrogen-bond donors (Lipinski definition) is 2. The average molecular weight is 373 g/mol. The number of aliphatic hydroxyl groups is 1. The van der Waals surface area contributed by atoms with E-state index in [1.165, 1.54) is 0 Å². The Morgan fingerprint density at radius 1 is 1.42 bits per heavy atom. The van der Waals surface area contributed by atoms with Crippen LogP contribution in [0.15, 0.2) is 12.2 Å². The van der Waals surface area contributed by atoms with Crippen LogP contribution >= 0.6 is 0 Å². The first kappa shape index (κ1) is 22.4. The van der Waals surface area contributed by atoms with Crippen molar-refractivity contribution < 1.29 is 33.6 Å². The number of rotatable bonds is 4. The van der Waals surface area contributed by atoms with Gasteiger partial charge in [-0.15, -0.1) is 0 Å². The number of hydrogen-bond acceptors (Lipinski definition) is 7. The van der Waals surface area contributed by atoms with Crippen molar-refractivity contribution in [2.45, 2.75) is 71.0 Å². The van der Waals surface area contributed by atoms with Crippen LogP contribution < -0.4 is 5.32 Å². The van der Waals surface area contributed by atoms with Gasteiger partial charge < -0.3 is 29.4 Å². The van der Waals surface area contributed by atoms with Crippen LogP contribution in [0.1, 0.15) is 41.0 Å². The van der Waals surface area contributed by atoms with Gasteiger partial charge in [0.05, 0.1) is 13.2 Å². The monoisotopic (exact) mass is 373 g/mol. The molecule has 1 aliphatic rings. The van der Waals surface area contributed by atoms with Crippen LogP contribution in [0.3, 0.4) is 0 Å². The SMILES string of the molecule is C=C(C)CO[C@H]1COCC[C@H](NC(=O)OC(C)(C)C)C(=O)O[C@@H](C)[C@@H]1O. The third-order valence-corrected chi connectivity index (χ3v) is 3.52. The van der Waals surface area contributed by atoms with E-state index in [1.807, 2.05) is 6.92 Å². The van der Waals surface area contributed by atoms with Crippen LogP contribution in [0.5, 0.6) is 0 Å². The van der Waals surface area contributed by atoms with Gasteiger partial charge in [-0.3, -0.25) is 0 Å². The highest BCUT2D eigenvalue weighted by atomic mass is 16.6. The predicted molar refractivity (Wildman–Crippen MR) is 94.7 cm³/mol. The van der Waals surface area contributed by atoms with Crippen molar-refractivity contribution in [3.8, 4) is 0 Å². The van der Waals surface area contributed by atoms with Gasteiger partial charge in [-0.1, -0.05) is 12.2 Å². The van der Waals surface area contributed by atoms with Crippen molar-refractivity contribution in [1.82, 2.24) is 5.32 Å². The number of alkyl carbamates (subject to hydrolysis) is 1. The largest absolute Gasteiger partial charge is 0.458 e. The Labute approximate surface area is 154 Å². The molecule has 1 rings (SSSR count). The summed E-state index contributed by atoms with van der Waals surface area (Å²) in [4.78, 5) is 24.3. The standard InChI is InChI=1S/C18H31NO7/c1-11(2)9-24-14-10-23-8-7-13(16(21)25-12(3)15(14)20)19-17(22)26-18(4,5)6/h12-15,20H,1,7-10H2,2-6H3,(H,19,22)/t12-,13-,14-,15-/m0/s1. The van der Waals surface area contributed by atoms with Crippen LogP contribution in [0.2, 0.25) is 0 Å². The molecule has 26 heavy (non-hydrogen) atoms. The predicted octanol–water partition coefficient (Wildman–Crippen LogP) is 1.55. The van der Waals surface area contributed by atoms with E-state index in [0.717, 1.165) is 5.57 Å². The van der Waals surface area contributed by atoms with Crippen LogP contribution in [-0.2, 0) is 23.7 Å². The zero-order valence-corrected chi connectivity index (χ0v) is 16.2. The van der Waals surface area contributed by atoms with Crippen molar-refractivity contribution in [3.63, 3.8) is 0 Å². The number of amides is 1. The van der Waals surface area contributed by atoms with E-state index in [-0.39, 0.29) is 26.2 Å². The molecule has 0 radical (unpaired) electrons. The molecule has 0 saturated carbocycles. The minimum absolute atomic E-state index is 0.134. The highest BCUT2D eigenvalue weighted by Crippen LogP contribution is 2.14. The molecule has 0 aliphatic carbocycles. The Bertz CT molecular complexity index is 500. The quantitative estimate of drug-likeness (QED) is 0.569. The zero-order chi connectivity index (χ0) is 19.9. The number of ether oxygens (including phenoxy) is 4. The normalized spacial score (nSPS) is 28.0. The molecule has 0 aromatic carbocycles. The lowest BCUT2D eigenvalue weighted by molar-refractivity contribution is -0.169. The van der Waals surface area contributed by atoms with Gasteiger partial charge in [0.25, 0.3) is 0 Å². The van der Waals surface area contributed by atoms with Crippen LogP contribution in [0.4, 0.5) is 4.79 Å². The maximum absolute atomic E-state index is 12.3. The molecule has 1 fully saturated rings. The number of carbonyl (C=O) groups excluding carboxylic acids is 2. The average Bonchev–Trinajstić information content (AvgIpc) is 2.49. The first-order valence-corrected chi connectivity index (χ1v) is 8.71. The van der Waals surface area contributed by atoms with E-state index < -0.39 is 42.0 Å². The van der Waals surface area contributed by atoms with E-state index in [4.69, 9.17) is 18.9 Å². The Morgan fingerprint density at radius 3 is 2.65 bits per heavy atom. The summed E-state index contributed by atoms with van der Waals surface area (Å²) >= 11 is 0. The lowest BCUT2D eigenvalue weighted by Gasteiger charge is -2.30. The summed E-state index contributed by atoms with van der Waals surface area (Å²) in [5, 5.41) is 12.9. The molecule has 0 aromatic heterocycles. The summed E-state index contributed by atoms with van der Waals surface area (Å²) in [6.07, 6.45) is -3.05. The van der Waals surface area contributed by atoms with Gasteiger partial charge in [0.1, 0.15) is 30.0 Å². The number of carbonyl (C=O) groups is 2. The van der Waals surface area contributed by atoms with Crippen molar-refractivity contribution in [1.29, 1.82) is 0 Å². The minimum atomic E-state index is -1.07. The first-order valence-electron chi connectivity index (χ1n) is 8.71. The number of nitrogens with one attached hydrogen (secondary N) is 1. The van der Waals surface area contributed by atoms with Gasteiger partial charge >= 0.3 is 12.1 Å². The van der Waals surface area contributed by atoms with Gasteiger partial charge in [-0.05, 0) is 34.6 Å². The van der Waals surface area contributed by atoms with Crippen LogP contribution in [0, 0.1) is 0 Å². The second kappa shape index (κ2) is 9.89. The Kier molecular flexibility index (Phi) is 8.52. The van der Waals surface area contributed by atoms with Crippen molar-refractivity contribution >= 4 is 12.1 Å². The number of esters is 1. The topological polar surface area (TPSA) is 103 Å². The lowest BCUT2D eigenvalue weighted by Crippen LogP contribution is -2.49. The minimum Gasteiger partial charge on any atom is -0.458 e. The molecule has 4 atom stereocenters. The molecule has 0 aromatic rings. The van der Waals surface area contributed by atoms with Crippen LogP contribution in [0.25, 0.3) is 0 Å². The fourth-order valence-electron chi connectivity index (χ4n) is 2.23. The second-order valence-electron chi connectivity index (χ2n) is 7.50. The third-order valence-electron chi connectivity index (χ3n) is 3.52. The van der Waals surface area contributed by atoms with Crippen molar-refractivity contribution in [3.05, 3.63) is 12.2 Å². The van der Waals surface area contributed by atoms with E-state index in [2.05, 4.69) is 11.9 Å².